The van der Waals surface area contributed by atoms with Gasteiger partial charge in [0.2, 0.25) is 11.8 Å². The molecule has 1 fully saturated rings. The minimum Gasteiger partial charge on any atom is -0.481 e. The van der Waals surface area contributed by atoms with Gasteiger partial charge >= 0.3 is 5.97 Å². The predicted octanol–water partition coefficient (Wildman–Crippen LogP) is 1.74. The third-order valence-electron chi connectivity index (χ3n) is 4.28. The number of rotatable bonds is 8. The molecule has 22 heavy (non-hydrogen) atoms. The van der Waals surface area contributed by atoms with E-state index in [9.17, 15) is 14.4 Å². The summed E-state index contributed by atoms with van der Waals surface area (Å²) >= 11 is 0. The Kier molecular flexibility index (Phi) is 7.35. The van der Waals surface area contributed by atoms with Crippen LogP contribution in [0.4, 0.5) is 0 Å². The standard InChI is InChI=1S/C16H28N2O4/c1-4-9-17(10-5-2)14(19)6-7-15(20)18-11-8-13(12(18)3)16(21)22/h12-13H,4-11H2,1-3H3,(H,21,22). The van der Waals surface area contributed by atoms with Crippen molar-refractivity contribution in [3.05, 3.63) is 0 Å². The van der Waals surface area contributed by atoms with Crippen LogP contribution in [0.15, 0.2) is 0 Å². The quantitative estimate of drug-likeness (QED) is 0.740. The molecular weight excluding hydrogens is 284 g/mol. The van der Waals surface area contributed by atoms with Gasteiger partial charge in [0.1, 0.15) is 0 Å². The summed E-state index contributed by atoms with van der Waals surface area (Å²) in [5, 5.41) is 9.09. The Hall–Kier alpha value is -1.59. The summed E-state index contributed by atoms with van der Waals surface area (Å²) in [6.07, 6.45) is 2.68. The molecule has 2 atom stereocenters. The molecule has 2 amide bonds. The van der Waals surface area contributed by atoms with Crippen molar-refractivity contribution in [1.82, 2.24) is 9.80 Å². The zero-order chi connectivity index (χ0) is 16.7. The first-order valence-corrected chi connectivity index (χ1v) is 8.22. The average molecular weight is 312 g/mol. The molecule has 0 aromatic heterocycles. The Labute approximate surface area is 132 Å². The second kappa shape index (κ2) is 8.76. The summed E-state index contributed by atoms with van der Waals surface area (Å²) in [6, 6.07) is -0.289. The van der Waals surface area contributed by atoms with E-state index in [-0.39, 0.29) is 30.7 Å². The molecule has 0 radical (unpaired) electrons. The van der Waals surface area contributed by atoms with Crippen LogP contribution in [0.5, 0.6) is 0 Å². The number of amides is 2. The smallest absolute Gasteiger partial charge is 0.308 e. The van der Waals surface area contributed by atoms with Gasteiger partial charge in [0.05, 0.1) is 5.92 Å². The molecule has 6 heteroatoms. The molecule has 0 bridgehead atoms. The van der Waals surface area contributed by atoms with Crippen molar-refractivity contribution < 1.29 is 19.5 Å². The second-order valence-electron chi connectivity index (χ2n) is 5.94. The highest BCUT2D eigenvalue weighted by atomic mass is 16.4. The van der Waals surface area contributed by atoms with Crippen molar-refractivity contribution in [2.45, 2.75) is 58.9 Å². The summed E-state index contributed by atoms with van der Waals surface area (Å²) in [5.41, 5.74) is 0. The van der Waals surface area contributed by atoms with Crippen LogP contribution in [0.3, 0.4) is 0 Å². The first-order valence-electron chi connectivity index (χ1n) is 8.22. The van der Waals surface area contributed by atoms with Crippen LogP contribution in [0, 0.1) is 5.92 Å². The van der Waals surface area contributed by atoms with Crippen LogP contribution in [0.1, 0.15) is 52.9 Å². The average Bonchev–Trinajstić information content (AvgIpc) is 2.86. The fourth-order valence-electron chi connectivity index (χ4n) is 3.04. The normalized spacial score (nSPS) is 21.0. The summed E-state index contributed by atoms with van der Waals surface area (Å²) in [7, 11) is 0. The summed E-state index contributed by atoms with van der Waals surface area (Å²) in [4.78, 5) is 38.9. The van der Waals surface area contributed by atoms with Gasteiger partial charge < -0.3 is 14.9 Å². The topological polar surface area (TPSA) is 77.9 Å². The number of carbonyl (C=O) groups is 3. The highest BCUT2D eigenvalue weighted by Gasteiger charge is 2.37. The molecule has 0 saturated carbocycles. The minimum absolute atomic E-state index is 0.0127. The zero-order valence-corrected chi connectivity index (χ0v) is 13.9. The molecule has 2 unspecified atom stereocenters. The third-order valence-corrected chi connectivity index (χ3v) is 4.28. The summed E-state index contributed by atoms with van der Waals surface area (Å²) in [5.74, 6) is -1.44. The number of carbonyl (C=O) groups excluding carboxylic acids is 2. The lowest BCUT2D eigenvalue weighted by molar-refractivity contribution is -0.143. The van der Waals surface area contributed by atoms with Crippen molar-refractivity contribution in [2.24, 2.45) is 5.92 Å². The van der Waals surface area contributed by atoms with Gasteiger partial charge in [0.15, 0.2) is 0 Å². The minimum atomic E-state index is -0.851. The summed E-state index contributed by atoms with van der Waals surface area (Å²) in [6.45, 7) is 7.74. The van der Waals surface area contributed by atoms with Crippen molar-refractivity contribution in [3.8, 4) is 0 Å². The van der Waals surface area contributed by atoms with E-state index in [4.69, 9.17) is 5.11 Å². The maximum absolute atomic E-state index is 12.2. The Morgan fingerprint density at radius 3 is 2.18 bits per heavy atom. The van der Waals surface area contributed by atoms with Crippen molar-refractivity contribution >= 4 is 17.8 Å². The molecule has 0 aliphatic carbocycles. The van der Waals surface area contributed by atoms with Gasteiger partial charge in [-0.1, -0.05) is 13.8 Å². The van der Waals surface area contributed by atoms with Gasteiger partial charge in [-0.15, -0.1) is 0 Å². The van der Waals surface area contributed by atoms with Gasteiger partial charge in [-0.05, 0) is 26.2 Å². The van der Waals surface area contributed by atoms with Crippen molar-refractivity contribution in [3.63, 3.8) is 0 Å². The first kappa shape index (κ1) is 18.5. The molecular formula is C16H28N2O4. The lowest BCUT2D eigenvalue weighted by Gasteiger charge is -2.25. The maximum Gasteiger partial charge on any atom is 0.308 e. The van der Waals surface area contributed by atoms with Crippen LogP contribution in [-0.2, 0) is 14.4 Å². The van der Waals surface area contributed by atoms with Gasteiger partial charge in [0.25, 0.3) is 0 Å². The molecule has 1 saturated heterocycles. The van der Waals surface area contributed by atoms with E-state index in [1.54, 1.807) is 16.7 Å². The van der Waals surface area contributed by atoms with Gasteiger partial charge in [-0.2, -0.15) is 0 Å². The van der Waals surface area contributed by atoms with Gasteiger partial charge in [0, 0.05) is 38.5 Å². The Morgan fingerprint density at radius 2 is 1.73 bits per heavy atom. The van der Waals surface area contributed by atoms with Gasteiger partial charge in [-0.3, -0.25) is 14.4 Å². The van der Waals surface area contributed by atoms with Crippen LogP contribution in [-0.4, -0.2) is 58.4 Å². The number of carboxylic acids is 1. The van der Waals surface area contributed by atoms with E-state index in [1.165, 1.54) is 0 Å². The molecule has 126 valence electrons. The van der Waals surface area contributed by atoms with E-state index < -0.39 is 11.9 Å². The largest absolute Gasteiger partial charge is 0.481 e. The Balaban J connectivity index is 2.48. The lowest BCUT2D eigenvalue weighted by Crippen LogP contribution is -2.39. The zero-order valence-electron chi connectivity index (χ0n) is 13.9. The Morgan fingerprint density at radius 1 is 1.14 bits per heavy atom. The fraction of sp³-hybridized carbons (Fsp3) is 0.812. The van der Waals surface area contributed by atoms with Crippen LogP contribution < -0.4 is 0 Å². The molecule has 1 rings (SSSR count). The molecule has 1 N–H and O–H groups in total. The number of likely N-dealkylation sites (tertiary alicyclic amines) is 1. The van der Waals surface area contributed by atoms with Gasteiger partial charge in [-0.25, -0.2) is 0 Å². The highest BCUT2D eigenvalue weighted by molar-refractivity contribution is 5.85. The monoisotopic (exact) mass is 312 g/mol. The van der Waals surface area contributed by atoms with E-state index >= 15 is 0 Å². The Bertz CT molecular complexity index is 405. The predicted molar refractivity (Wildman–Crippen MR) is 83.3 cm³/mol. The van der Waals surface area contributed by atoms with Crippen molar-refractivity contribution in [1.29, 1.82) is 0 Å². The summed E-state index contributed by atoms with van der Waals surface area (Å²) < 4.78 is 0. The van der Waals surface area contributed by atoms with Crippen molar-refractivity contribution in [2.75, 3.05) is 19.6 Å². The van der Waals surface area contributed by atoms with E-state index in [0.29, 0.717) is 13.0 Å². The maximum atomic E-state index is 12.2. The highest BCUT2D eigenvalue weighted by Crippen LogP contribution is 2.25. The third kappa shape index (κ3) is 4.71. The number of aliphatic carboxylic acids is 1. The molecule has 1 heterocycles. The number of hydrogen-bond acceptors (Lipinski definition) is 3. The SMILES string of the molecule is CCCN(CCC)C(=O)CCC(=O)N1CCC(C(=O)O)C1C. The molecule has 0 aromatic rings. The van der Waals surface area contributed by atoms with E-state index in [2.05, 4.69) is 0 Å². The first-order chi connectivity index (χ1) is 10.4. The number of hydrogen-bond donors (Lipinski definition) is 1. The molecule has 1 aliphatic heterocycles. The fourth-order valence-corrected chi connectivity index (χ4v) is 3.04. The van der Waals surface area contributed by atoms with E-state index in [1.807, 2.05) is 13.8 Å². The second-order valence-corrected chi connectivity index (χ2v) is 5.94. The molecule has 6 nitrogen and oxygen atoms in total. The van der Waals surface area contributed by atoms with E-state index in [0.717, 1.165) is 25.9 Å². The van der Waals surface area contributed by atoms with Crippen LogP contribution in [0.2, 0.25) is 0 Å². The van der Waals surface area contributed by atoms with Crippen LogP contribution in [0.25, 0.3) is 0 Å². The molecule has 0 spiro atoms. The lowest BCUT2D eigenvalue weighted by atomic mass is 10.0. The molecule has 0 aromatic carbocycles. The number of carboxylic acid groups (broad SMARTS) is 1. The number of nitrogens with zero attached hydrogens (tertiary/aromatic N) is 2. The van der Waals surface area contributed by atoms with Crippen LogP contribution >= 0.6 is 0 Å². The molecule has 1 aliphatic rings.